The molecule has 0 aliphatic carbocycles. The van der Waals surface area contributed by atoms with Crippen molar-refractivity contribution < 1.29 is 9.47 Å². The van der Waals surface area contributed by atoms with E-state index in [1.807, 2.05) is 0 Å². The SMILES string of the molecule is CCNC(=NCc1ccc(C)cc1OCC1CCCO1)NCCN(C)C(C)C. The Morgan fingerprint density at radius 3 is 2.86 bits per heavy atom. The van der Waals surface area contributed by atoms with E-state index in [0.29, 0.717) is 19.2 Å². The minimum atomic E-state index is 0.216. The van der Waals surface area contributed by atoms with E-state index < -0.39 is 0 Å². The van der Waals surface area contributed by atoms with E-state index in [-0.39, 0.29) is 6.10 Å². The standard InChI is InChI=1S/C22H38N4O2/c1-6-23-22(24-11-12-26(5)17(2)3)25-15-19-10-9-18(4)14-21(19)28-16-20-8-7-13-27-20/h9-10,14,17,20H,6-8,11-13,15-16H2,1-5H3,(H2,23,24,25). The summed E-state index contributed by atoms with van der Waals surface area (Å²) in [4.78, 5) is 7.07. The predicted molar refractivity (Wildman–Crippen MR) is 116 cm³/mol. The molecule has 0 saturated carbocycles. The Balaban J connectivity index is 1.95. The van der Waals surface area contributed by atoms with Crippen molar-refractivity contribution in [1.29, 1.82) is 0 Å². The molecule has 0 spiro atoms. The van der Waals surface area contributed by atoms with Crippen molar-refractivity contribution >= 4 is 5.96 Å². The molecule has 1 unspecified atom stereocenters. The summed E-state index contributed by atoms with van der Waals surface area (Å²) >= 11 is 0. The first kappa shape index (κ1) is 22.5. The predicted octanol–water partition coefficient (Wildman–Crippen LogP) is 2.95. The van der Waals surface area contributed by atoms with Crippen LogP contribution in [0, 0.1) is 6.92 Å². The zero-order valence-corrected chi connectivity index (χ0v) is 18.3. The lowest BCUT2D eigenvalue weighted by atomic mass is 10.1. The number of hydrogen-bond donors (Lipinski definition) is 2. The number of nitrogens with zero attached hydrogens (tertiary/aromatic N) is 2. The first-order valence-corrected chi connectivity index (χ1v) is 10.6. The van der Waals surface area contributed by atoms with Crippen LogP contribution in [-0.4, -0.2) is 62.9 Å². The Hall–Kier alpha value is -1.79. The molecule has 0 aromatic heterocycles. The van der Waals surface area contributed by atoms with Crippen LogP contribution in [0.2, 0.25) is 0 Å². The fourth-order valence-electron chi connectivity index (χ4n) is 3.00. The maximum atomic E-state index is 6.09. The Bertz CT molecular complexity index is 613. The highest BCUT2D eigenvalue weighted by Crippen LogP contribution is 2.23. The van der Waals surface area contributed by atoms with Crippen LogP contribution in [0.1, 0.15) is 44.7 Å². The van der Waals surface area contributed by atoms with Gasteiger partial charge < -0.3 is 25.0 Å². The zero-order valence-electron chi connectivity index (χ0n) is 18.3. The van der Waals surface area contributed by atoms with Gasteiger partial charge in [0.25, 0.3) is 0 Å². The van der Waals surface area contributed by atoms with Gasteiger partial charge in [-0.1, -0.05) is 12.1 Å². The summed E-state index contributed by atoms with van der Waals surface area (Å²) in [6, 6.07) is 6.86. The van der Waals surface area contributed by atoms with Crippen LogP contribution >= 0.6 is 0 Å². The highest BCUT2D eigenvalue weighted by molar-refractivity contribution is 5.79. The Kier molecular flexibility index (Phi) is 9.58. The van der Waals surface area contributed by atoms with Crippen LogP contribution in [-0.2, 0) is 11.3 Å². The first-order valence-electron chi connectivity index (χ1n) is 10.6. The maximum Gasteiger partial charge on any atom is 0.191 e. The van der Waals surface area contributed by atoms with E-state index in [2.05, 4.69) is 68.5 Å². The number of guanidine groups is 1. The third-order valence-electron chi connectivity index (χ3n) is 5.06. The highest BCUT2D eigenvalue weighted by atomic mass is 16.5. The van der Waals surface area contributed by atoms with E-state index >= 15 is 0 Å². The fraction of sp³-hybridized carbons (Fsp3) is 0.682. The summed E-state index contributed by atoms with van der Waals surface area (Å²) in [6.07, 6.45) is 2.43. The molecule has 0 bridgehead atoms. The van der Waals surface area contributed by atoms with Crippen LogP contribution in [0.25, 0.3) is 0 Å². The number of likely N-dealkylation sites (N-methyl/N-ethyl adjacent to an activating group) is 1. The van der Waals surface area contributed by atoms with E-state index in [4.69, 9.17) is 14.5 Å². The lowest BCUT2D eigenvalue weighted by Gasteiger charge is -2.21. The van der Waals surface area contributed by atoms with Crippen molar-refractivity contribution in [2.45, 2.75) is 59.2 Å². The van der Waals surface area contributed by atoms with Gasteiger partial charge in [-0.05, 0) is 59.2 Å². The number of aryl methyl sites for hydroxylation is 1. The van der Waals surface area contributed by atoms with Gasteiger partial charge in [-0.25, -0.2) is 4.99 Å². The van der Waals surface area contributed by atoms with Crippen LogP contribution < -0.4 is 15.4 Å². The van der Waals surface area contributed by atoms with Crippen LogP contribution in [0.3, 0.4) is 0 Å². The van der Waals surface area contributed by atoms with Gasteiger partial charge in [0.05, 0.1) is 12.6 Å². The van der Waals surface area contributed by atoms with Crippen molar-refractivity contribution in [3.8, 4) is 5.75 Å². The number of nitrogens with one attached hydrogen (secondary N) is 2. The number of rotatable bonds is 10. The second-order valence-electron chi connectivity index (χ2n) is 7.75. The molecule has 6 nitrogen and oxygen atoms in total. The lowest BCUT2D eigenvalue weighted by molar-refractivity contribution is 0.0676. The molecule has 1 fully saturated rings. The molecular formula is C22H38N4O2. The Labute approximate surface area is 170 Å². The molecule has 1 atom stereocenters. The maximum absolute atomic E-state index is 6.09. The summed E-state index contributed by atoms with van der Waals surface area (Å²) in [5.74, 6) is 1.75. The fourth-order valence-corrected chi connectivity index (χ4v) is 3.00. The van der Waals surface area contributed by atoms with Gasteiger partial charge in [-0.2, -0.15) is 0 Å². The van der Waals surface area contributed by atoms with Gasteiger partial charge in [-0.15, -0.1) is 0 Å². The minimum Gasteiger partial charge on any atom is -0.491 e. The molecular weight excluding hydrogens is 352 g/mol. The van der Waals surface area contributed by atoms with Gasteiger partial charge in [0.1, 0.15) is 12.4 Å². The van der Waals surface area contributed by atoms with Crippen LogP contribution in [0.15, 0.2) is 23.2 Å². The third kappa shape index (κ3) is 7.68. The summed E-state index contributed by atoms with van der Waals surface area (Å²) in [6.45, 7) is 13.3. The van der Waals surface area contributed by atoms with Crippen molar-refractivity contribution in [3.63, 3.8) is 0 Å². The first-order chi connectivity index (χ1) is 13.5. The van der Waals surface area contributed by atoms with Crippen molar-refractivity contribution in [1.82, 2.24) is 15.5 Å². The topological polar surface area (TPSA) is 58.1 Å². The monoisotopic (exact) mass is 390 g/mol. The summed E-state index contributed by atoms with van der Waals surface area (Å²) < 4.78 is 11.8. The van der Waals surface area contributed by atoms with Crippen LogP contribution in [0.4, 0.5) is 0 Å². The average Bonchev–Trinajstić information content (AvgIpc) is 3.18. The summed E-state index contributed by atoms with van der Waals surface area (Å²) in [5, 5.41) is 6.74. The minimum absolute atomic E-state index is 0.216. The molecule has 1 aromatic rings. The highest BCUT2D eigenvalue weighted by Gasteiger charge is 2.17. The quantitative estimate of drug-likeness (QED) is 0.475. The molecule has 1 heterocycles. The van der Waals surface area contributed by atoms with Gasteiger partial charge in [-0.3, -0.25) is 0 Å². The molecule has 2 N–H and O–H groups in total. The summed E-state index contributed by atoms with van der Waals surface area (Å²) in [5.41, 5.74) is 2.29. The molecule has 0 radical (unpaired) electrons. The molecule has 0 amide bonds. The normalized spacial score (nSPS) is 17.4. The smallest absolute Gasteiger partial charge is 0.191 e. The molecule has 1 aliphatic heterocycles. The molecule has 28 heavy (non-hydrogen) atoms. The van der Waals surface area contributed by atoms with Gasteiger partial charge >= 0.3 is 0 Å². The number of ether oxygens (including phenoxy) is 2. The molecule has 1 saturated heterocycles. The molecule has 1 aliphatic rings. The third-order valence-corrected chi connectivity index (χ3v) is 5.06. The van der Waals surface area contributed by atoms with E-state index in [1.165, 1.54) is 5.56 Å². The Morgan fingerprint density at radius 1 is 1.36 bits per heavy atom. The van der Waals surface area contributed by atoms with Crippen LogP contribution in [0.5, 0.6) is 5.75 Å². The van der Waals surface area contributed by atoms with E-state index in [9.17, 15) is 0 Å². The van der Waals surface area contributed by atoms with Gasteiger partial charge in [0, 0.05) is 37.8 Å². The van der Waals surface area contributed by atoms with Crippen molar-refractivity contribution in [3.05, 3.63) is 29.3 Å². The van der Waals surface area contributed by atoms with E-state index in [1.54, 1.807) is 0 Å². The van der Waals surface area contributed by atoms with Gasteiger partial charge in [0.15, 0.2) is 5.96 Å². The number of benzene rings is 1. The molecule has 158 valence electrons. The second-order valence-corrected chi connectivity index (χ2v) is 7.75. The van der Waals surface area contributed by atoms with Gasteiger partial charge in [0.2, 0.25) is 0 Å². The lowest BCUT2D eigenvalue weighted by Crippen LogP contribution is -2.42. The Morgan fingerprint density at radius 2 is 2.18 bits per heavy atom. The van der Waals surface area contributed by atoms with E-state index in [0.717, 1.165) is 56.4 Å². The average molecular weight is 391 g/mol. The molecule has 1 aromatic carbocycles. The number of hydrogen-bond acceptors (Lipinski definition) is 4. The summed E-state index contributed by atoms with van der Waals surface area (Å²) in [7, 11) is 2.14. The molecule has 2 rings (SSSR count). The number of aliphatic imine (C=N–C) groups is 1. The molecule has 6 heteroatoms. The largest absolute Gasteiger partial charge is 0.491 e. The second kappa shape index (κ2) is 11.9. The van der Waals surface area contributed by atoms with Crippen molar-refractivity contribution in [2.75, 3.05) is 39.9 Å². The van der Waals surface area contributed by atoms with Crippen molar-refractivity contribution in [2.24, 2.45) is 4.99 Å². The zero-order chi connectivity index (χ0) is 20.4.